The highest BCUT2D eigenvalue weighted by molar-refractivity contribution is 6.26. The summed E-state index contributed by atoms with van der Waals surface area (Å²) in [4.78, 5) is 0. The van der Waals surface area contributed by atoms with E-state index in [1.807, 2.05) is 0 Å². The van der Waals surface area contributed by atoms with Gasteiger partial charge < -0.3 is 4.40 Å². The highest BCUT2D eigenvalue weighted by Gasteiger charge is 2.56. The Labute approximate surface area is 300 Å². The van der Waals surface area contributed by atoms with Gasteiger partial charge in [-0.25, -0.2) is 0 Å². The van der Waals surface area contributed by atoms with E-state index in [4.69, 9.17) is 0 Å². The van der Waals surface area contributed by atoms with Crippen molar-refractivity contribution in [2.45, 2.75) is 114 Å². The molecule has 8 aliphatic rings. The number of benzene rings is 4. The number of nitrogens with zero attached hydrogens (tertiary/aromatic N) is 3. The topological polar surface area (TPSA) is 52.0 Å². The van der Waals surface area contributed by atoms with Crippen molar-refractivity contribution < 1.29 is 0 Å². The smallest absolute Gasteiger partial charge is 0.0995 e. The molecule has 0 saturated heterocycles. The molecule has 8 aliphatic carbocycles. The van der Waals surface area contributed by atoms with Gasteiger partial charge in [0.2, 0.25) is 0 Å². The fourth-order valence-corrected chi connectivity index (χ4v) is 15.4. The van der Waals surface area contributed by atoms with Crippen LogP contribution >= 0.6 is 0 Å². The lowest BCUT2D eigenvalue weighted by Gasteiger charge is -2.46. The SMILES string of the molecule is CC12CC3CC(C1)CC(C)(C3)c1c2c(C#N)cc2c1c1cc(-c3ccccc3)cc3c4c5c(c(C#N)cc4n2c13)C1(C)CC2CC(C1)CC5(C)C2. The first-order valence-corrected chi connectivity index (χ1v) is 19.8. The van der Waals surface area contributed by atoms with Crippen LogP contribution in [-0.2, 0) is 21.7 Å². The molecule has 4 atom stereocenters. The van der Waals surface area contributed by atoms with Gasteiger partial charge in [0.1, 0.15) is 0 Å². The fraction of sp³-hybridized carbons (Fsp3) is 0.458. The lowest BCUT2D eigenvalue weighted by molar-refractivity contribution is 0.0899. The molecule has 6 aromatic rings. The molecule has 3 heteroatoms. The summed E-state index contributed by atoms with van der Waals surface area (Å²) in [5.74, 6) is 2.89. The Morgan fingerprint density at radius 3 is 1.31 bits per heavy atom. The van der Waals surface area contributed by atoms with Crippen molar-refractivity contribution in [3.63, 3.8) is 0 Å². The van der Waals surface area contributed by atoms with Crippen molar-refractivity contribution >= 4 is 38.1 Å². The third-order valence-corrected chi connectivity index (χ3v) is 16.0. The van der Waals surface area contributed by atoms with Crippen LogP contribution in [0.15, 0.2) is 54.6 Å². The minimum absolute atomic E-state index is 0.0282. The molecule has 4 aromatic carbocycles. The molecule has 51 heavy (non-hydrogen) atoms. The largest absolute Gasteiger partial charge is 0.308 e. The molecular formula is C48H45N3. The minimum atomic E-state index is 0.0282. The molecule has 8 bridgehead atoms. The van der Waals surface area contributed by atoms with Crippen molar-refractivity contribution in [1.82, 2.24) is 4.40 Å². The van der Waals surface area contributed by atoms with Gasteiger partial charge in [-0.1, -0.05) is 58.0 Å². The second-order valence-electron chi connectivity index (χ2n) is 19.8. The highest BCUT2D eigenvalue weighted by Crippen LogP contribution is 2.66. The fourth-order valence-electron chi connectivity index (χ4n) is 15.4. The summed E-state index contributed by atoms with van der Waals surface area (Å²) < 4.78 is 2.54. The van der Waals surface area contributed by atoms with Crippen LogP contribution in [0, 0.1) is 46.3 Å². The third-order valence-electron chi connectivity index (χ3n) is 16.0. The summed E-state index contributed by atoms with van der Waals surface area (Å²) in [5, 5.41) is 27.5. The van der Waals surface area contributed by atoms with Crippen molar-refractivity contribution in [3.05, 3.63) is 88.0 Å². The lowest BCUT2D eigenvalue weighted by Crippen LogP contribution is -2.39. The van der Waals surface area contributed by atoms with Crippen molar-refractivity contribution in [2.24, 2.45) is 23.7 Å². The number of aromatic nitrogens is 1. The highest BCUT2D eigenvalue weighted by atomic mass is 14.9. The van der Waals surface area contributed by atoms with Crippen LogP contribution in [0.5, 0.6) is 0 Å². The molecule has 2 aromatic heterocycles. The Hall–Kier alpha value is -4.34. The van der Waals surface area contributed by atoms with E-state index in [0.29, 0.717) is 0 Å². The minimum Gasteiger partial charge on any atom is -0.308 e. The van der Waals surface area contributed by atoms with Crippen molar-refractivity contribution in [2.75, 3.05) is 0 Å². The van der Waals surface area contributed by atoms with E-state index in [0.717, 1.165) is 34.8 Å². The molecule has 0 spiro atoms. The molecule has 4 fully saturated rings. The van der Waals surface area contributed by atoms with E-state index in [-0.39, 0.29) is 21.7 Å². The zero-order chi connectivity index (χ0) is 34.4. The number of nitriles is 2. The Kier molecular flexibility index (Phi) is 5.16. The van der Waals surface area contributed by atoms with Crippen LogP contribution in [0.2, 0.25) is 0 Å². The Balaban J connectivity index is 1.33. The van der Waals surface area contributed by atoms with Gasteiger partial charge in [0.25, 0.3) is 0 Å². The molecule has 2 heterocycles. The van der Waals surface area contributed by atoms with Crippen molar-refractivity contribution in [3.8, 4) is 23.3 Å². The molecule has 0 amide bonds. The molecule has 14 rings (SSSR count). The maximum Gasteiger partial charge on any atom is 0.0995 e. The molecule has 4 unspecified atom stereocenters. The van der Waals surface area contributed by atoms with Gasteiger partial charge in [0.05, 0.1) is 39.8 Å². The van der Waals surface area contributed by atoms with Gasteiger partial charge in [-0.15, -0.1) is 0 Å². The Morgan fingerprint density at radius 2 is 0.922 bits per heavy atom. The van der Waals surface area contributed by atoms with Gasteiger partial charge in [0, 0.05) is 21.5 Å². The number of hydrogen-bond donors (Lipinski definition) is 0. The van der Waals surface area contributed by atoms with E-state index in [2.05, 4.69) is 98.8 Å². The number of fused-ring (bicyclic) bond motifs is 6. The summed E-state index contributed by atoms with van der Waals surface area (Å²) in [6.07, 6.45) is 12.4. The summed E-state index contributed by atoms with van der Waals surface area (Å²) in [6, 6.07) is 26.1. The molecule has 0 N–H and O–H groups in total. The van der Waals surface area contributed by atoms with E-state index in [1.54, 1.807) is 0 Å². The second-order valence-corrected chi connectivity index (χ2v) is 19.8. The van der Waals surface area contributed by atoms with Crippen LogP contribution < -0.4 is 0 Å². The molecule has 252 valence electrons. The van der Waals surface area contributed by atoms with Crippen molar-refractivity contribution in [1.29, 1.82) is 10.5 Å². The first-order chi connectivity index (χ1) is 24.5. The van der Waals surface area contributed by atoms with Crippen LogP contribution in [0.3, 0.4) is 0 Å². The molecule has 3 nitrogen and oxygen atoms in total. The van der Waals surface area contributed by atoms with Gasteiger partial charge in [-0.3, -0.25) is 0 Å². The molecule has 4 saturated carbocycles. The van der Waals surface area contributed by atoms with Crippen LogP contribution in [-0.4, -0.2) is 4.40 Å². The zero-order valence-electron chi connectivity index (χ0n) is 30.4. The van der Waals surface area contributed by atoms with E-state index in [1.165, 1.54) is 136 Å². The van der Waals surface area contributed by atoms with Crippen LogP contribution in [0.4, 0.5) is 0 Å². The maximum absolute atomic E-state index is 11.0. The number of hydrogen-bond acceptors (Lipinski definition) is 2. The summed E-state index contributed by atoms with van der Waals surface area (Å²) in [6.45, 7) is 10.1. The third kappa shape index (κ3) is 3.41. The first kappa shape index (κ1) is 29.3. The average Bonchev–Trinajstić information content (AvgIpc) is 3.51. The molecular weight excluding hydrogens is 619 g/mol. The Morgan fingerprint density at radius 1 is 0.529 bits per heavy atom. The predicted octanol–water partition coefficient (Wildman–Crippen LogP) is 11.7. The second kappa shape index (κ2) is 8.99. The average molecular weight is 664 g/mol. The number of rotatable bonds is 1. The zero-order valence-corrected chi connectivity index (χ0v) is 30.4. The monoisotopic (exact) mass is 663 g/mol. The van der Waals surface area contributed by atoms with E-state index in [9.17, 15) is 10.5 Å². The van der Waals surface area contributed by atoms with Gasteiger partial charge >= 0.3 is 0 Å². The summed E-state index contributed by atoms with van der Waals surface area (Å²) in [7, 11) is 0. The summed E-state index contributed by atoms with van der Waals surface area (Å²) in [5.41, 5.74) is 13.8. The van der Waals surface area contributed by atoms with Gasteiger partial charge in [0.15, 0.2) is 0 Å². The summed E-state index contributed by atoms with van der Waals surface area (Å²) >= 11 is 0. The maximum atomic E-state index is 11.0. The van der Waals surface area contributed by atoms with Crippen LogP contribution in [0.1, 0.15) is 125 Å². The molecule has 0 aliphatic heterocycles. The van der Waals surface area contributed by atoms with E-state index < -0.39 is 0 Å². The van der Waals surface area contributed by atoms with E-state index >= 15 is 0 Å². The van der Waals surface area contributed by atoms with Gasteiger partial charge in [-0.2, -0.15) is 10.5 Å². The predicted molar refractivity (Wildman–Crippen MR) is 206 cm³/mol. The first-order valence-electron chi connectivity index (χ1n) is 19.8. The van der Waals surface area contributed by atoms with Gasteiger partial charge in [-0.05, 0) is 167 Å². The standard InChI is InChI=1S/C48H45N3/c1-45-16-26-10-27(17-45)21-47(3,20-26)42-38-34-12-31(30-8-6-5-7-9-30)13-35-39-37(51(44(34)35)36(38)14-32(24-49)40(42)45)15-33(25-50)41-43(39)48(4)22-28-11-29(23-48)19-46(41,2)18-28/h5-9,12-15,26-29H,10-11,16-23H2,1-4H3. The van der Waals surface area contributed by atoms with Crippen LogP contribution in [0.25, 0.3) is 49.2 Å². The Bertz CT molecular complexity index is 2470. The normalized spacial score (nSPS) is 35.7. The molecule has 0 radical (unpaired) electrons. The quantitative estimate of drug-likeness (QED) is 0.176. The lowest BCUT2D eigenvalue weighted by atomic mass is 9.58.